The number of carbonyl (C=O) groups is 1. The maximum Gasteiger partial charge on any atom is 0.325 e. The number of nitrogens with zero attached hydrogens (tertiary/aromatic N) is 2. The van der Waals surface area contributed by atoms with Crippen LogP contribution in [0.5, 0.6) is 0 Å². The van der Waals surface area contributed by atoms with Crippen molar-refractivity contribution in [2.24, 2.45) is 0 Å². The van der Waals surface area contributed by atoms with E-state index in [1.54, 1.807) is 11.3 Å². The first kappa shape index (κ1) is 13.0. The summed E-state index contributed by atoms with van der Waals surface area (Å²) in [5.41, 5.74) is 1.03. The lowest BCUT2D eigenvalue weighted by atomic mass is 10.4. The number of esters is 1. The Bertz CT molecular complexity index is 343. The average Bonchev–Trinajstić information content (AvgIpc) is 2.58. The second-order valence-corrected chi connectivity index (χ2v) is 4.82. The highest BCUT2D eigenvalue weighted by atomic mass is 32.1. The minimum Gasteiger partial charge on any atom is -0.468 e. The summed E-state index contributed by atoms with van der Waals surface area (Å²) in [6.45, 7) is 7.20. The summed E-state index contributed by atoms with van der Waals surface area (Å²) < 4.78 is 4.68. The van der Waals surface area contributed by atoms with E-state index in [1.807, 2.05) is 18.7 Å². The van der Waals surface area contributed by atoms with Gasteiger partial charge in [0.15, 0.2) is 5.13 Å². The van der Waals surface area contributed by atoms with Gasteiger partial charge in [0.05, 0.1) is 12.8 Å². The summed E-state index contributed by atoms with van der Waals surface area (Å²) in [4.78, 5) is 18.9. The summed E-state index contributed by atoms with van der Waals surface area (Å²) in [5, 5.41) is 0.905. The Morgan fingerprint density at radius 2 is 2.19 bits per heavy atom. The van der Waals surface area contributed by atoms with Gasteiger partial charge in [-0.15, -0.1) is 11.3 Å². The van der Waals surface area contributed by atoms with Crippen LogP contribution in [0.25, 0.3) is 0 Å². The molecule has 0 N–H and O–H groups in total. The van der Waals surface area contributed by atoms with E-state index in [4.69, 9.17) is 0 Å². The summed E-state index contributed by atoms with van der Waals surface area (Å²) >= 11 is 1.62. The first-order valence-corrected chi connectivity index (χ1v) is 6.16. The van der Waals surface area contributed by atoms with Gasteiger partial charge in [-0.3, -0.25) is 4.79 Å². The van der Waals surface area contributed by atoms with Gasteiger partial charge in [-0.05, 0) is 20.3 Å². The molecule has 0 unspecified atom stereocenters. The number of hydrogen-bond acceptors (Lipinski definition) is 5. The topological polar surface area (TPSA) is 42.4 Å². The molecule has 0 aliphatic rings. The summed E-state index contributed by atoms with van der Waals surface area (Å²) in [7, 11) is 1.41. The molecule has 0 atom stereocenters. The minimum atomic E-state index is -0.223. The van der Waals surface area contributed by atoms with Crippen LogP contribution in [0.4, 0.5) is 5.13 Å². The number of carbonyl (C=O) groups excluding carboxylic acids is 1. The van der Waals surface area contributed by atoms with E-state index < -0.39 is 0 Å². The van der Waals surface area contributed by atoms with Gasteiger partial charge in [-0.25, -0.2) is 4.98 Å². The van der Waals surface area contributed by atoms with Gasteiger partial charge in [0, 0.05) is 11.4 Å². The third-order valence-corrected chi connectivity index (χ3v) is 3.46. The molecule has 1 rings (SSSR count). The van der Waals surface area contributed by atoms with Gasteiger partial charge in [-0.2, -0.15) is 0 Å². The maximum absolute atomic E-state index is 11.3. The fraction of sp³-hybridized carbons (Fsp3) is 0.636. The molecule has 1 aromatic heterocycles. The van der Waals surface area contributed by atoms with Gasteiger partial charge in [0.1, 0.15) is 6.54 Å². The van der Waals surface area contributed by atoms with Gasteiger partial charge in [-0.1, -0.05) is 6.92 Å². The Morgan fingerprint density at radius 1 is 1.50 bits per heavy atom. The number of anilines is 1. The summed E-state index contributed by atoms with van der Waals surface area (Å²) in [6.07, 6.45) is 0.981. The zero-order valence-electron chi connectivity index (χ0n) is 10.2. The van der Waals surface area contributed by atoms with Crippen LogP contribution in [0, 0.1) is 13.8 Å². The smallest absolute Gasteiger partial charge is 0.325 e. The van der Waals surface area contributed by atoms with Crippen molar-refractivity contribution in [3.63, 3.8) is 0 Å². The molecule has 1 aromatic rings. The lowest BCUT2D eigenvalue weighted by Crippen LogP contribution is -2.31. The van der Waals surface area contributed by atoms with Gasteiger partial charge in [0.25, 0.3) is 0 Å². The molecule has 5 heteroatoms. The van der Waals surface area contributed by atoms with Gasteiger partial charge < -0.3 is 9.64 Å². The van der Waals surface area contributed by atoms with Crippen LogP contribution in [-0.2, 0) is 9.53 Å². The van der Waals surface area contributed by atoms with E-state index in [0.717, 1.165) is 23.8 Å². The van der Waals surface area contributed by atoms with E-state index in [2.05, 4.69) is 16.6 Å². The van der Waals surface area contributed by atoms with Gasteiger partial charge >= 0.3 is 5.97 Å². The Balaban J connectivity index is 2.80. The highest BCUT2D eigenvalue weighted by Gasteiger charge is 2.15. The largest absolute Gasteiger partial charge is 0.468 e. The number of aromatic nitrogens is 1. The second kappa shape index (κ2) is 5.84. The maximum atomic E-state index is 11.3. The molecule has 16 heavy (non-hydrogen) atoms. The van der Waals surface area contributed by atoms with E-state index in [0.29, 0.717) is 0 Å². The molecule has 0 saturated heterocycles. The summed E-state index contributed by atoms with van der Waals surface area (Å²) in [6, 6.07) is 0. The molecule has 0 saturated carbocycles. The van der Waals surface area contributed by atoms with Crippen LogP contribution in [0.15, 0.2) is 0 Å². The van der Waals surface area contributed by atoms with E-state index in [-0.39, 0.29) is 12.5 Å². The second-order valence-electron chi connectivity index (χ2n) is 3.64. The van der Waals surface area contributed by atoms with Crippen molar-refractivity contribution < 1.29 is 9.53 Å². The molecular weight excluding hydrogens is 224 g/mol. The monoisotopic (exact) mass is 242 g/mol. The standard InChI is InChI=1S/C11H18N2O2S/c1-5-6-13(7-10(14)15-4)11-12-8(2)9(3)16-11/h5-7H2,1-4H3. The summed E-state index contributed by atoms with van der Waals surface area (Å²) in [5.74, 6) is -0.223. The van der Waals surface area contributed by atoms with Crippen molar-refractivity contribution in [2.45, 2.75) is 27.2 Å². The van der Waals surface area contributed by atoms with Crippen molar-refractivity contribution in [2.75, 3.05) is 25.1 Å². The van der Waals surface area contributed by atoms with E-state index in [9.17, 15) is 4.79 Å². The molecule has 4 nitrogen and oxygen atoms in total. The zero-order chi connectivity index (χ0) is 12.1. The highest BCUT2D eigenvalue weighted by Crippen LogP contribution is 2.25. The predicted octanol–water partition coefficient (Wildman–Crippen LogP) is 2.15. The number of rotatable bonds is 5. The van der Waals surface area contributed by atoms with Crippen LogP contribution in [0.3, 0.4) is 0 Å². The Kier molecular flexibility index (Phi) is 4.73. The van der Waals surface area contributed by atoms with Crippen molar-refractivity contribution in [3.8, 4) is 0 Å². The van der Waals surface area contributed by atoms with Crippen molar-refractivity contribution in [1.29, 1.82) is 0 Å². The molecule has 1 heterocycles. The van der Waals surface area contributed by atoms with Crippen LogP contribution < -0.4 is 4.90 Å². The van der Waals surface area contributed by atoms with Crippen LogP contribution in [0.1, 0.15) is 23.9 Å². The molecule has 0 aromatic carbocycles. The molecule has 0 amide bonds. The van der Waals surface area contributed by atoms with E-state index >= 15 is 0 Å². The minimum absolute atomic E-state index is 0.223. The number of thiazole rings is 1. The molecular formula is C11H18N2O2S. The molecule has 0 fully saturated rings. The quantitative estimate of drug-likeness (QED) is 0.742. The first-order chi connectivity index (χ1) is 7.58. The molecule has 0 bridgehead atoms. The zero-order valence-corrected chi connectivity index (χ0v) is 11.1. The SMILES string of the molecule is CCCN(CC(=O)OC)c1nc(C)c(C)s1. The number of ether oxygens (including phenoxy) is 1. The van der Waals surface area contributed by atoms with Crippen LogP contribution >= 0.6 is 11.3 Å². The molecule has 0 aliphatic heterocycles. The lowest BCUT2D eigenvalue weighted by Gasteiger charge is -2.19. The first-order valence-electron chi connectivity index (χ1n) is 5.34. The average molecular weight is 242 g/mol. The Labute approximate surface area is 100 Å². The third-order valence-electron chi connectivity index (χ3n) is 2.33. The van der Waals surface area contributed by atoms with Crippen molar-refractivity contribution in [3.05, 3.63) is 10.6 Å². The van der Waals surface area contributed by atoms with Crippen LogP contribution in [0.2, 0.25) is 0 Å². The predicted molar refractivity (Wildman–Crippen MR) is 66.1 cm³/mol. The molecule has 0 spiro atoms. The normalized spacial score (nSPS) is 10.2. The van der Waals surface area contributed by atoms with Crippen molar-refractivity contribution >= 4 is 22.4 Å². The highest BCUT2D eigenvalue weighted by molar-refractivity contribution is 7.15. The number of methoxy groups -OCH3 is 1. The van der Waals surface area contributed by atoms with Gasteiger partial charge in [0.2, 0.25) is 0 Å². The number of aryl methyl sites for hydroxylation is 2. The third kappa shape index (κ3) is 3.20. The number of hydrogen-bond donors (Lipinski definition) is 0. The van der Waals surface area contributed by atoms with Crippen LogP contribution in [-0.4, -0.2) is 31.2 Å². The molecule has 0 radical (unpaired) electrons. The van der Waals surface area contributed by atoms with Crippen molar-refractivity contribution in [1.82, 2.24) is 4.98 Å². The van der Waals surface area contributed by atoms with E-state index in [1.165, 1.54) is 12.0 Å². The Hall–Kier alpha value is -1.10. The fourth-order valence-corrected chi connectivity index (χ4v) is 2.26. The lowest BCUT2D eigenvalue weighted by molar-refractivity contribution is -0.138. The molecule has 0 aliphatic carbocycles. The fourth-order valence-electron chi connectivity index (χ4n) is 1.32. The molecule has 90 valence electrons. The Morgan fingerprint density at radius 3 is 2.62 bits per heavy atom.